The minimum atomic E-state index is -0.815. The Hall–Kier alpha value is -3.97. The molecule has 0 aliphatic carbocycles. The number of amides is 1. The van der Waals surface area contributed by atoms with Crippen molar-refractivity contribution in [1.29, 1.82) is 0 Å². The van der Waals surface area contributed by atoms with Crippen molar-refractivity contribution in [2.24, 2.45) is 0 Å². The fourth-order valence-corrected chi connectivity index (χ4v) is 5.80. The Kier molecular flexibility index (Phi) is 6.33. The Morgan fingerprint density at radius 2 is 1.76 bits per heavy atom. The van der Waals surface area contributed by atoms with Crippen molar-refractivity contribution in [2.75, 3.05) is 12.0 Å². The molecule has 0 radical (unpaired) electrons. The van der Waals surface area contributed by atoms with E-state index in [9.17, 15) is 14.7 Å². The van der Waals surface area contributed by atoms with E-state index in [0.717, 1.165) is 32.5 Å². The van der Waals surface area contributed by atoms with Gasteiger partial charge in [0.05, 0.1) is 28.9 Å². The SMILES string of the molecule is COc1ccc(C(O)=C2C(=O)C(=O)N(c3nc4ccc(C)cc4s3)C2c2ccc(C(C)C)cc2)cc1C. The monoisotopic (exact) mass is 512 g/mol. The molecule has 37 heavy (non-hydrogen) atoms. The Labute approximate surface area is 219 Å². The molecule has 1 saturated heterocycles. The lowest BCUT2D eigenvalue weighted by Crippen LogP contribution is -2.29. The van der Waals surface area contributed by atoms with Gasteiger partial charge < -0.3 is 9.84 Å². The van der Waals surface area contributed by atoms with Crippen LogP contribution >= 0.6 is 11.3 Å². The number of aliphatic hydroxyl groups is 1. The zero-order valence-corrected chi connectivity index (χ0v) is 22.2. The van der Waals surface area contributed by atoms with E-state index in [1.165, 1.54) is 16.2 Å². The molecule has 1 unspecified atom stereocenters. The number of anilines is 1. The highest BCUT2D eigenvalue weighted by Gasteiger charge is 2.48. The maximum atomic E-state index is 13.5. The van der Waals surface area contributed by atoms with Gasteiger partial charge in [-0.25, -0.2) is 4.98 Å². The van der Waals surface area contributed by atoms with E-state index in [4.69, 9.17) is 9.72 Å². The standard InChI is InChI=1S/C30H28N2O4S/c1-16(2)19-7-9-20(10-8-19)26-25(27(33)21-11-13-23(36-5)18(4)15-21)28(34)29(35)32(26)30-31-22-12-6-17(3)14-24(22)37-30/h6-16,26,33H,1-5H3. The second-order valence-electron chi connectivity index (χ2n) is 9.64. The number of carbonyl (C=O) groups is 2. The highest BCUT2D eigenvalue weighted by Crippen LogP contribution is 2.44. The van der Waals surface area contributed by atoms with E-state index >= 15 is 0 Å². The van der Waals surface area contributed by atoms with Gasteiger partial charge in [0.25, 0.3) is 5.78 Å². The number of ketones is 1. The third-order valence-electron chi connectivity index (χ3n) is 6.77. The molecular formula is C30H28N2O4S. The van der Waals surface area contributed by atoms with Crippen LogP contribution in [0.5, 0.6) is 5.75 Å². The minimum Gasteiger partial charge on any atom is -0.507 e. The number of aryl methyl sites for hydroxylation is 2. The third-order valence-corrected chi connectivity index (χ3v) is 7.79. The molecule has 5 rings (SSSR count). The van der Waals surface area contributed by atoms with Gasteiger partial charge in [-0.1, -0.05) is 55.5 Å². The second kappa shape index (κ2) is 9.48. The van der Waals surface area contributed by atoms with Crippen LogP contribution in [0.4, 0.5) is 5.13 Å². The lowest BCUT2D eigenvalue weighted by Gasteiger charge is -2.23. The first-order chi connectivity index (χ1) is 17.7. The summed E-state index contributed by atoms with van der Waals surface area (Å²) in [5, 5.41) is 11.9. The van der Waals surface area contributed by atoms with Gasteiger partial charge in [0.1, 0.15) is 11.5 Å². The van der Waals surface area contributed by atoms with Crippen LogP contribution in [-0.4, -0.2) is 28.9 Å². The number of aromatic nitrogens is 1. The molecule has 1 amide bonds. The van der Waals surface area contributed by atoms with E-state index in [2.05, 4.69) is 13.8 Å². The average Bonchev–Trinajstić information content (AvgIpc) is 3.41. The average molecular weight is 513 g/mol. The van der Waals surface area contributed by atoms with Crippen LogP contribution in [0.3, 0.4) is 0 Å². The van der Waals surface area contributed by atoms with Gasteiger partial charge in [-0.2, -0.15) is 0 Å². The highest BCUT2D eigenvalue weighted by molar-refractivity contribution is 7.22. The summed E-state index contributed by atoms with van der Waals surface area (Å²) in [6.45, 7) is 8.07. The summed E-state index contributed by atoms with van der Waals surface area (Å²) in [6, 6.07) is 18.1. The number of benzene rings is 3. The summed E-state index contributed by atoms with van der Waals surface area (Å²) in [4.78, 5) is 33.1. The molecular weight excluding hydrogens is 484 g/mol. The Balaban J connectivity index is 1.71. The molecule has 1 N–H and O–H groups in total. The number of Topliss-reactive ketones (excluding diaryl/α,β-unsaturated/α-hetero) is 1. The molecule has 1 aliphatic heterocycles. The molecule has 4 aromatic rings. The molecule has 0 spiro atoms. The smallest absolute Gasteiger partial charge is 0.301 e. The van der Waals surface area contributed by atoms with Crippen molar-refractivity contribution in [3.63, 3.8) is 0 Å². The Morgan fingerprint density at radius 1 is 1.03 bits per heavy atom. The first kappa shape index (κ1) is 24.7. The molecule has 1 atom stereocenters. The Morgan fingerprint density at radius 3 is 2.41 bits per heavy atom. The van der Waals surface area contributed by atoms with Crippen molar-refractivity contribution in [3.8, 4) is 5.75 Å². The summed E-state index contributed by atoms with van der Waals surface area (Å²) >= 11 is 1.36. The first-order valence-corrected chi connectivity index (χ1v) is 12.9. The van der Waals surface area contributed by atoms with Gasteiger partial charge in [0.15, 0.2) is 5.13 Å². The predicted molar refractivity (Wildman–Crippen MR) is 147 cm³/mol. The van der Waals surface area contributed by atoms with Crippen LogP contribution in [0, 0.1) is 13.8 Å². The maximum absolute atomic E-state index is 13.5. The third kappa shape index (κ3) is 4.29. The van der Waals surface area contributed by atoms with Gasteiger partial charge in [0, 0.05) is 5.56 Å². The summed E-state index contributed by atoms with van der Waals surface area (Å²) in [5.74, 6) is -0.667. The minimum absolute atomic E-state index is 0.0438. The zero-order valence-electron chi connectivity index (χ0n) is 21.4. The van der Waals surface area contributed by atoms with Crippen molar-refractivity contribution in [1.82, 2.24) is 4.98 Å². The number of nitrogens with zero attached hydrogens (tertiary/aromatic N) is 2. The number of hydrogen-bond donors (Lipinski definition) is 1. The summed E-state index contributed by atoms with van der Waals surface area (Å²) in [6.07, 6.45) is 0. The topological polar surface area (TPSA) is 79.7 Å². The number of aliphatic hydroxyl groups excluding tert-OH is 1. The molecule has 1 aliphatic rings. The van der Waals surface area contributed by atoms with Gasteiger partial charge in [0.2, 0.25) is 0 Å². The number of methoxy groups -OCH3 is 1. The summed E-state index contributed by atoms with van der Waals surface area (Å²) in [7, 11) is 1.58. The van der Waals surface area contributed by atoms with E-state index in [0.29, 0.717) is 22.4 Å². The predicted octanol–water partition coefficient (Wildman–Crippen LogP) is 6.67. The molecule has 2 heterocycles. The van der Waals surface area contributed by atoms with Crippen LogP contribution in [0.2, 0.25) is 0 Å². The van der Waals surface area contributed by atoms with E-state index in [1.807, 2.05) is 56.3 Å². The molecule has 0 bridgehead atoms. The second-order valence-corrected chi connectivity index (χ2v) is 10.7. The quantitative estimate of drug-likeness (QED) is 0.183. The van der Waals surface area contributed by atoms with Crippen molar-refractivity contribution >= 4 is 44.1 Å². The number of rotatable bonds is 5. The normalized spacial score (nSPS) is 17.2. The lowest BCUT2D eigenvalue weighted by atomic mass is 9.93. The fourth-order valence-electron chi connectivity index (χ4n) is 4.71. The highest BCUT2D eigenvalue weighted by atomic mass is 32.1. The fraction of sp³-hybridized carbons (Fsp3) is 0.233. The van der Waals surface area contributed by atoms with Crippen molar-refractivity contribution in [3.05, 3.63) is 94.1 Å². The number of fused-ring (bicyclic) bond motifs is 1. The van der Waals surface area contributed by atoms with Gasteiger partial charge in [-0.05, 0) is 72.4 Å². The van der Waals surface area contributed by atoms with Gasteiger partial charge >= 0.3 is 5.91 Å². The maximum Gasteiger partial charge on any atom is 0.301 e. The molecule has 3 aromatic carbocycles. The van der Waals surface area contributed by atoms with Crippen LogP contribution in [0.1, 0.15) is 53.6 Å². The number of carbonyl (C=O) groups excluding carboxylic acids is 2. The molecule has 6 nitrogen and oxygen atoms in total. The van der Waals surface area contributed by atoms with E-state index in [-0.39, 0.29) is 11.3 Å². The molecule has 1 aromatic heterocycles. The zero-order chi connectivity index (χ0) is 26.4. The summed E-state index contributed by atoms with van der Waals surface area (Å²) in [5.41, 5.74) is 5.00. The molecule has 188 valence electrons. The number of ether oxygens (including phenoxy) is 1. The van der Waals surface area contributed by atoms with Crippen LogP contribution in [-0.2, 0) is 9.59 Å². The van der Waals surface area contributed by atoms with E-state index in [1.54, 1.807) is 25.3 Å². The van der Waals surface area contributed by atoms with Crippen LogP contribution in [0.25, 0.3) is 16.0 Å². The largest absolute Gasteiger partial charge is 0.507 e. The van der Waals surface area contributed by atoms with Crippen LogP contribution < -0.4 is 9.64 Å². The lowest BCUT2D eigenvalue weighted by molar-refractivity contribution is -0.132. The van der Waals surface area contributed by atoms with Crippen molar-refractivity contribution in [2.45, 2.75) is 39.7 Å². The molecule has 7 heteroatoms. The van der Waals surface area contributed by atoms with Gasteiger partial charge in [-0.3, -0.25) is 14.5 Å². The van der Waals surface area contributed by atoms with Crippen molar-refractivity contribution < 1.29 is 19.4 Å². The van der Waals surface area contributed by atoms with Crippen LogP contribution in [0.15, 0.2) is 66.2 Å². The van der Waals surface area contributed by atoms with E-state index < -0.39 is 17.7 Å². The molecule has 1 fully saturated rings. The van der Waals surface area contributed by atoms with Gasteiger partial charge in [-0.15, -0.1) is 0 Å². The molecule has 0 saturated carbocycles. The number of thiazole rings is 1. The first-order valence-electron chi connectivity index (χ1n) is 12.1. The number of hydrogen-bond acceptors (Lipinski definition) is 6. The summed E-state index contributed by atoms with van der Waals surface area (Å²) < 4.78 is 6.27. The Bertz CT molecular complexity index is 1570.